The Morgan fingerprint density at radius 1 is 1.41 bits per heavy atom. The maximum atomic E-state index is 12.2. The average molecular weight is 319 g/mol. The van der Waals surface area contributed by atoms with Crippen LogP contribution in [-0.2, 0) is 0 Å². The number of hydrogen-bond donors (Lipinski definition) is 0. The molecule has 1 rings (SSSR count). The highest BCUT2D eigenvalue weighted by Crippen LogP contribution is 2.18. The van der Waals surface area contributed by atoms with Crippen molar-refractivity contribution in [3.8, 4) is 0 Å². The van der Waals surface area contributed by atoms with E-state index in [0.29, 0.717) is 10.6 Å². The third-order valence-electron chi connectivity index (χ3n) is 2.55. The molecule has 1 aromatic rings. The number of hydrogen-bond acceptors (Lipinski definition) is 1. The van der Waals surface area contributed by atoms with Crippen LogP contribution in [0.3, 0.4) is 0 Å². The molecule has 0 saturated carbocycles. The van der Waals surface area contributed by atoms with E-state index in [1.54, 1.807) is 6.07 Å². The zero-order valence-electron chi connectivity index (χ0n) is 10.2. The second-order valence-electron chi connectivity index (χ2n) is 3.95. The standard InChI is InChI=1S/C13H17BrClNO/c1-3-7-16(8-6-14)13(17)11-5-4-10(2)12(15)9-11/h4-5,9H,3,6-8H2,1-2H3. The Hall–Kier alpha value is -0.540. The van der Waals surface area contributed by atoms with Crippen LogP contribution in [0.5, 0.6) is 0 Å². The fourth-order valence-electron chi connectivity index (χ4n) is 1.60. The summed E-state index contributed by atoms with van der Waals surface area (Å²) in [6.07, 6.45) is 0.957. The van der Waals surface area contributed by atoms with Gasteiger partial charge in [-0.1, -0.05) is 40.5 Å². The highest BCUT2D eigenvalue weighted by atomic mass is 79.9. The Labute approximate surface area is 116 Å². The lowest BCUT2D eigenvalue weighted by Crippen LogP contribution is -2.33. The maximum Gasteiger partial charge on any atom is 0.253 e. The van der Waals surface area contributed by atoms with Gasteiger partial charge in [-0.2, -0.15) is 0 Å². The number of nitrogens with zero attached hydrogens (tertiary/aromatic N) is 1. The molecular formula is C13H17BrClNO. The summed E-state index contributed by atoms with van der Waals surface area (Å²) in [5, 5.41) is 1.43. The molecule has 0 aromatic heterocycles. The molecule has 0 N–H and O–H groups in total. The van der Waals surface area contributed by atoms with Crippen molar-refractivity contribution in [1.29, 1.82) is 0 Å². The van der Waals surface area contributed by atoms with Crippen LogP contribution >= 0.6 is 27.5 Å². The Morgan fingerprint density at radius 2 is 2.12 bits per heavy atom. The van der Waals surface area contributed by atoms with E-state index in [1.807, 2.05) is 24.0 Å². The lowest BCUT2D eigenvalue weighted by molar-refractivity contribution is 0.0766. The molecule has 0 aliphatic rings. The van der Waals surface area contributed by atoms with Gasteiger partial charge in [0.05, 0.1) is 0 Å². The van der Waals surface area contributed by atoms with E-state index >= 15 is 0 Å². The highest BCUT2D eigenvalue weighted by Gasteiger charge is 2.14. The second kappa shape index (κ2) is 7.02. The lowest BCUT2D eigenvalue weighted by Gasteiger charge is -2.21. The zero-order valence-corrected chi connectivity index (χ0v) is 12.5. The molecule has 0 fully saturated rings. The number of rotatable bonds is 5. The quantitative estimate of drug-likeness (QED) is 0.754. The van der Waals surface area contributed by atoms with E-state index in [4.69, 9.17) is 11.6 Å². The summed E-state index contributed by atoms with van der Waals surface area (Å²) in [6, 6.07) is 5.46. The van der Waals surface area contributed by atoms with Crippen LogP contribution in [0.2, 0.25) is 5.02 Å². The first-order valence-corrected chi connectivity index (χ1v) is 7.21. The zero-order chi connectivity index (χ0) is 12.8. The van der Waals surface area contributed by atoms with Crippen LogP contribution in [0.25, 0.3) is 0 Å². The van der Waals surface area contributed by atoms with Crippen molar-refractivity contribution < 1.29 is 4.79 Å². The van der Waals surface area contributed by atoms with E-state index in [-0.39, 0.29) is 5.91 Å². The van der Waals surface area contributed by atoms with Crippen LogP contribution < -0.4 is 0 Å². The van der Waals surface area contributed by atoms with Gasteiger partial charge in [-0.3, -0.25) is 4.79 Å². The summed E-state index contributed by atoms with van der Waals surface area (Å²) in [6.45, 7) is 5.49. The number of alkyl halides is 1. The predicted octanol–water partition coefficient (Wildman–Crippen LogP) is 3.90. The number of aryl methyl sites for hydroxylation is 1. The molecule has 0 spiro atoms. The van der Waals surface area contributed by atoms with E-state index in [2.05, 4.69) is 22.9 Å². The first kappa shape index (κ1) is 14.5. The predicted molar refractivity (Wildman–Crippen MR) is 76.2 cm³/mol. The van der Waals surface area contributed by atoms with Gasteiger partial charge in [0.25, 0.3) is 5.91 Å². The van der Waals surface area contributed by atoms with Gasteiger partial charge >= 0.3 is 0 Å². The fraction of sp³-hybridized carbons (Fsp3) is 0.462. The number of carbonyl (C=O) groups is 1. The molecule has 1 amide bonds. The number of amides is 1. The minimum absolute atomic E-state index is 0.0493. The first-order valence-electron chi connectivity index (χ1n) is 5.71. The van der Waals surface area contributed by atoms with Crippen LogP contribution in [0.4, 0.5) is 0 Å². The third kappa shape index (κ3) is 4.00. The van der Waals surface area contributed by atoms with E-state index in [9.17, 15) is 4.79 Å². The number of benzene rings is 1. The summed E-state index contributed by atoms with van der Waals surface area (Å²) in [5.41, 5.74) is 1.65. The van der Waals surface area contributed by atoms with Gasteiger partial charge in [-0.05, 0) is 31.0 Å². The molecule has 2 nitrogen and oxygen atoms in total. The van der Waals surface area contributed by atoms with Crippen LogP contribution in [-0.4, -0.2) is 29.2 Å². The van der Waals surface area contributed by atoms with Gasteiger partial charge in [0.1, 0.15) is 0 Å². The first-order chi connectivity index (χ1) is 8.10. The SMILES string of the molecule is CCCN(CCBr)C(=O)c1ccc(C)c(Cl)c1. The van der Waals surface area contributed by atoms with E-state index in [1.165, 1.54) is 0 Å². The molecule has 0 atom stereocenters. The van der Waals surface area contributed by atoms with Gasteiger partial charge in [0.2, 0.25) is 0 Å². The summed E-state index contributed by atoms with van der Waals surface area (Å²) in [7, 11) is 0. The molecule has 1 aromatic carbocycles. The van der Waals surface area contributed by atoms with Gasteiger partial charge in [-0.25, -0.2) is 0 Å². The molecule has 4 heteroatoms. The molecule has 0 unspecified atom stereocenters. The fourth-order valence-corrected chi connectivity index (χ4v) is 2.20. The highest BCUT2D eigenvalue weighted by molar-refractivity contribution is 9.09. The Kier molecular flexibility index (Phi) is 6.00. The molecule has 0 aliphatic heterocycles. The van der Waals surface area contributed by atoms with Gasteiger partial charge in [0, 0.05) is 29.0 Å². The molecule has 0 radical (unpaired) electrons. The average Bonchev–Trinajstić information content (AvgIpc) is 2.31. The van der Waals surface area contributed by atoms with Crippen LogP contribution in [0.15, 0.2) is 18.2 Å². The molecular weight excluding hydrogens is 302 g/mol. The number of halogens is 2. The Morgan fingerprint density at radius 3 is 2.65 bits per heavy atom. The molecule has 94 valence electrons. The summed E-state index contributed by atoms with van der Waals surface area (Å²) in [4.78, 5) is 14.1. The maximum absolute atomic E-state index is 12.2. The summed E-state index contributed by atoms with van der Waals surface area (Å²) < 4.78 is 0. The van der Waals surface area contributed by atoms with Crippen molar-refractivity contribution in [3.63, 3.8) is 0 Å². The Bertz CT molecular complexity index is 389. The van der Waals surface area contributed by atoms with E-state index in [0.717, 1.165) is 30.4 Å². The van der Waals surface area contributed by atoms with Crippen LogP contribution in [0.1, 0.15) is 29.3 Å². The summed E-state index contributed by atoms with van der Waals surface area (Å²) in [5.74, 6) is 0.0493. The van der Waals surface area contributed by atoms with Crippen molar-refractivity contribution in [2.75, 3.05) is 18.4 Å². The normalized spacial score (nSPS) is 10.4. The molecule has 0 bridgehead atoms. The second-order valence-corrected chi connectivity index (χ2v) is 5.15. The number of carbonyl (C=O) groups excluding carboxylic acids is 1. The largest absolute Gasteiger partial charge is 0.338 e. The minimum Gasteiger partial charge on any atom is -0.338 e. The molecule has 0 saturated heterocycles. The molecule has 0 aliphatic carbocycles. The van der Waals surface area contributed by atoms with Crippen LogP contribution in [0, 0.1) is 6.92 Å². The van der Waals surface area contributed by atoms with Gasteiger partial charge < -0.3 is 4.90 Å². The third-order valence-corrected chi connectivity index (χ3v) is 3.32. The van der Waals surface area contributed by atoms with Gasteiger partial charge in [0.15, 0.2) is 0 Å². The van der Waals surface area contributed by atoms with Crippen molar-refractivity contribution in [1.82, 2.24) is 4.90 Å². The Balaban J connectivity index is 2.88. The molecule has 17 heavy (non-hydrogen) atoms. The van der Waals surface area contributed by atoms with Crippen molar-refractivity contribution >= 4 is 33.4 Å². The van der Waals surface area contributed by atoms with Gasteiger partial charge in [-0.15, -0.1) is 0 Å². The summed E-state index contributed by atoms with van der Waals surface area (Å²) >= 11 is 9.40. The van der Waals surface area contributed by atoms with Crippen molar-refractivity contribution in [2.24, 2.45) is 0 Å². The van der Waals surface area contributed by atoms with Crippen molar-refractivity contribution in [3.05, 3.63) is 34.3 Å². The lowest BCUT2D eigenvalue weighted by atomic mass is 10.1. The topological polar surface area (TPSA) is 20.3 Å². The monoisotopic (exact) mass is 317 g/mol. The van der Waals surface area contributed by atoms with E-state index < -0.39 is 0 Å². The smallest absolute Gasteiger partial charge is 0.253 e. The van der Waals surface area contributed by atoms with Crippen molar-refractivity contribution in [2.45, 2.75) is 20.3 Å². The molecule has 0 heterocycles. The minimum atomic E-state index is 0.0493.